The number of fused-ring (bicyclic) bond motifs is 1. The molecule has 0 unspecified atom stereocenters. The van der Waals surface area contributed by atoms with Gasteiger partial charge in [0.15, 0.2) is 11.2 Å². The van der Waals surface area contributed by atoms with Crippen LogP contribution in [0.25, 0.3) is 16.9 Å². The first kappa shape index (κ1) is 16.6. The van der Waals surface area contributed by atoms with Crippen LogP contribution in [-0.4, -0.2) is 36.7 Å². The fourth-order valence-corrected chi connectivity index (χ4v) is 2.69. The summed E-state index contributed by atoms with van der Waals surface area (Å²) in [7, 11) is 0. The summed E-state index contributed by atoms with van der Waals surface area (Å²) < 4.78 is 1.64. The molecule has 2 aromatic heterocycles. The van der Waals surface area contributed by atoms with Crippen LogP contribution in [0.3, 0.4) is 0 Å². The fourth-order valence-electron chi connectivity index (χ4n) is 2.69. The molecule has 0 fully saturated rings. The van der Waals surface area contributed by atoms with E-state index >= 15 is 0 Å². The molecule has 4 aromatic rings. The molecular weight excluding hydrogens is 342 g/mol. The number of nitrogens with zero attached hydrogens (tertiary/aromatic N) is 6. The molecule has 0 aliphatic carbocycles. The second-order valence-corrected chi connectivity index (χ2v) is 5.86. The Morgan fingerprint density at radius 1 is 1.15 bits per heavy atom. The van der Waals surface area contributed by atoms with E-state index in [1.54, 1.807) is 35.1 Å². The molecular formula is C19H15N7O. The quantitative estimate of drug-likeness (QED) is 0.564. The molecule has 2 aromatic carbocycles. The van der Waals surface area contributed by atoms with Gasteiger partial charge in [0, 0.05) is 12.3 Å². The number of benzene rings is 2. The molecule has 4 rings (SSSR count). The van der Waals surface area contributed by atoms with Gasteiger partial charge in [-0.25, -0.2) is 4.98 Å². The summed E-state index contributed by atoms with van der Waals surface area (Å²) in [6.45, 7) is 0.0857. The SMILES string of the molecule is N#Cc1ccc(Nc2ncc3nnn(-c4cccc(CCO)c4)c3n2)cc1. The van der Waals surface area contributed by atoms with Crippen LogP contribution in [0.2, 0.25) is 0 Å². The summed E-state index contributed by atoms with van der Waals surface area (Å²) in [5.41, 5.74) is 4.32. The van der Waals surface area contributed by atoms with Crippen LogP contribution >= 0.6 is 0 Å². The van der Waals surface area contributed by atoms with Crippen molar-refractivity contribution in [3.05, 3.63) is 65.9 Å². The van der Waals surface area contributed by atoms with Crippen molar-refractivity contribution >= 4 is 22.8 Å². The molecule has 2 heterocycles. The Bertz CT molecular complexity index is 1130. The Labute approximate surface area is 154 Å². The molecule has 8 heteroatoms. The zero-order valence-corrected chi connectivity index (χ0v) is 14.2. The number of hydrogen-bond acceptors (Lipinski definition) is 7. The van der Waals surface area contributed by atoms with Crippen LogP contribution in [-0.2, 0) is 6.42 Å². The van der Waals surface area contributed by atoms with Crippen molar-refractivity contribution in [1.29, 1.82) is 5.26 Å². The van der Waals surface area contributed by atoms with Gasteiger partial charge in [0.2, 0.25) is 5.95 Å². The average Bonchev–Trinajstić information content (AvgIpc) is 3.12. The maximum atomic E-state index is 9.14. The van der Waals surface area contributed by atoms with E-state index < -0.39 is 0 Å². The number of aromatic nitrogens is 5. The molecule has 0 aliphatic heterocycles. The van der Waals surface area contributed by atoms with Crippen LogP contribution in [0, 0.1) is 11.3 Å². The maximum Gasteiger partial charge on any atom is 0.229 e. The first-order valence-corrected chi connectivity index (χ1v) is 8.32. The largest absolute Gasteiger partial charge is 0.396 e. The third kappa shape index (κ3) is 3.44. The average molecular weight is 357 g/mol. The Balaban J connectivity index is 1.68. The number of aliphatic hydroxyl groups excluding tert-OH is 1. The molecule has 0 radical (unpaired) electrons. The smallest absolute Gasteiger partial charge is 0.229 e. The molecule has 0 atom stereocenters. The van der Waals surface area contributed by atoms with Crippen LogP contribution in [0.15, 0.2) is 54.7 Å². The predicted molar refractivity (Wildman–Crippen MR) is 99.7 cm³/mol. The lowest BCUT2D eigenvalue weighted by Gasteiger charge is -2.06. The van der Waals surface area contributed by atoms with Crippen molar-refractivity contribution in [1.82, 2.24) is 25.0 Å². The molecule has 0 amide bonds. The lowest BCUT2D eigenvalue weighted by atomic mass is 10.1. The molecule has 8 nitrogen and oxygen atoms in total. The molecule has 0 saturated heterocycles. The number of anilines is 2. The normalized spacial score (nSPS) is 10.7. The van der Waals surface area contributed by atoms with Gasteiger partial charge in [-0.1, -0.05) is 17.3 Å². The molecule has 132 valence electrons. The molecule has 27 heavy (non-hydrogen) atoms. The van der Waals surface area contributed by atoms with Crippen molar-refractivity contribution in [3.8, 4) is 11.8 Å². The van der Waals surface area contributed by atoms with Gasteiger partial charge in [0.1, 0.15) is 0 Å². The number of rotatable bonds is 5. The van der Waals surface area contributed by atoms with Crippen molar-refractivity contribution < 1.29 is 5.11 Å². The van der Waals surface area contributed by atoms with Crippen LogP contribution in [0.4, 0.5) is 11.6 Å². The summed E-state index contributed by atoms with van der Waals surface area (Å²) in [6.07, 6.45) is 2.18. The standard InChI is InChI=1S/C19H15N7O/c20-11-14-4-6-15(7-5-14)22-19-21-12-17-18(23-19)26(25-24-17)16-3-1-2-13(10-16)8-9-27/h1-7,10,12,27H,8-9H2,(H,21,22,23). The first-order chi connectivity index (χ1) is 13.3. The Morgan fingerprint density at radius 3 is 2.78 bits per heavy atom. The number of aliphatic hydroxyl groups is 1. The topological polar surface area (TPSA) is 113 Å². The Kier molecular flexibility index (Phi) is 4.43. The summed E-state index contributed by atoms with van der Waals surface area (Å²) in [6, 6.07) is 16.8. The molecule has 0 aliphatic rings. The minimum atomic E-state index is 0.0857. The van der Waals surface area contributed by atoms with E-state index in [1.165, 1.54) is 0 Å². The van der Waals surface area contributed by atoms with Crippen LogP contribution in [0.5, 0.6) is 0 Å². The monoisotopic (exact) mass is 357 g/mol. The summed E-state index contributed by atoms with van der Waals surface area (Å²) >= 11 is 0. The van der Waals surface area contributed by atoms with Gasteiger partial charge in [0.05, 0.1) is 23.5 Å². The maximum absolute atomic E-state index is 9.14. The highest BCUT2D eigenvalue weighted by molar-refractivity contribution is 5.72. The number of nitrogens with one attached hydrogen (secondary N) is 1. The molecule has 0 saturated carbocycles. The van der Waals surface area contributed by atoms with Crippen molar-refractivity contribution in [2.24, 2.45) is 0 Å². The van der Waals surface area contributed by atoms with E-state index in [2.05, 4.69) is 31.7 Å². The number of nitriles is 1. The minimum Gasteiger partial charge on any atom is -0.396 e. The van der Waals surface area contributed by atoms with E-state index in [1.807, 2.05) is 24.3 Å². The van der Waals surface area contributed by atoms with Gasteiger partial charge in [-0.2, -0.15) is 14.9 Å². The molecule has 0 spiro atoms. The van der Waals surface area contributed by atoms with Gasteiger partial charge in [0.25, 0.3) is 0 Å². The highest BCUT2D eigenvalue weighted by atomic mass is 16.2. The van der Waals surface area contributed by atoms with E-state index in [0.717, 1.165) is 16.9 Å². The highest BCUT2D eigenvalue weighted by Gasteiger charge is 2.11. The minimum absolute atomic E-state index is 0.0857. The van der Waals surface area contributed by atoms with Crippen molar-refractivity contribution in [2.45, 2.75) is 6.42 Å². The van der Waals surface area contributed by atoms with Gasteiger partial charge in [-0.15, -0.1) is 5.10 Å². The van der Waals surface area contributed by atoms with E-state index in [0.29, 0.717) is 29.1 Å². The summed E-state index contributed by atoms with van der Waals surface area (Å²) in [5, 5.41) is 29.4. The Morgan fingerprint density at radius 2 is 2.00 bits per heavy atom. The third-order valence-electron chi connectivity index (χ3n) is 4.02. The number of hydrogen-bond donors (Lipinski definition) is 2. The van der Waals surface area contributed by atoms with Crippen LogP contribution in [0.1, 0.15) is 11.1 Å². The van der Waals surface area contributed by atoms with E-state index in [4.69, 9.17) is 10.4 Å². The zero-order chi connectivity index (χ0) is 18.6. The predicted octanol–water partition coefficient (Wildman–Crippen LogP) is 2.36. The Hall–Kier alpha value is -3.83. The third-order valence-corrected chi connectivity index (χ3v) is 4.02. The van der Waals surface area contributed by atoms with Gasteiger partial charge in [-0.05, 0) is 48.4 Å². The van der Waals surface area contributed by atoms with E-state index in [9.17, 15) is 0 Å². The van der Waals surface area contributed by atoms with Gasteiger partial charge < -0.3 is 10.4 Å². The zero-order valence-electron chi connectivity index (χ0n) is 14.2. The summed E-state index contributed by atoms with van der Waals surface area (Å²) in [4.78, 5) is 8.79. The lowest BCUT2D eigenvalue weighted by Crippen LogP contribution is -2.02. The highest BCUT2D eigenvalue weighted by Crippen LogP contribution is 2.19. The van der Waals surface area contributed by atoms with Gasteiger partial charge >= 0.3 is 0 Å². The second-order valence-electron chi connectivity index (χ2n) is 5.86. The first-order valence-electron chi connectivity index (χ1n) is 8.32. The molecule has 0 bridgehead atoms. The van der Waals surface area contributed by atoms with Crippen LogP contribution < -0.4 is 5.32 Å². The van der Waals surface area contributed by atoms with Crippen molar-refractivity contribution in [2.75, 3.05) is 11.9 Å². The fraction of sp³-hybridized carbons (Fsp3) is 0.105. The summed E-state index contributed by atoms with van der Waals surface area (Å²) in [5.74, 6) is 0.405. The van der Waals surface area contributed by atoms with E-state index in [-0.39, 0.29) is 6.61 Å². The molecule has 2 N–H and O–H groups in total. The second kappa shape index (κ2) is 7.19. The lowest BCUT2D eigenvalue weighted by molar-refractivity contribution is 0.299. The van der Waals surface area contributed by atoms with Gasteiger partial charge in [-0.3, -0.25) is 0 Å². The van der Waals surface area contributed by atoms with Crippen molar-refractivity contribution in [3.63, 3.8) is 0 Å².